The molecule has 25 heavy (non-hydrogen) atoms. The highest BCUT2D eigenvalue weighted by Crippen LogP contribution is 2.46. The lowest BCUT2D eigenvalue weighted by molar-refractivity contribution is -0.134. The number of carbonyl (C=O) groups excluding carboxylic acids is 2. The van der Waals surface area contributed by atoms with E-state index in [-0.39, 0.29) is 16.8 Å². The molecule has 0 aromatic heterocycles. The van der Waals surface area contributed by atoms with Gasteiger partial charge in [-0.05, 0) is 43.0 Å². The highest BCUT2D eigenvalue weighted by Gasteiger charge is 2.56. The summed E-state index contributed by atoms with van der Waals surface area (Å²) in [4.78, 5) is 24.9. The molecule has 1 aliphatic rings. The topological polar surface area (TPSA) is 58.2 Å². The lowest BCUT2D eigenvalue weighted by Crippen LogP contribution is -2.40. The predicted octanol–water partition coefficient (Wildman–Crippen LogP) is 3.56. The van der Waals surface area contributed by atoms with Crippen molar-refractivity contribution in [2.45, 2.75) is 19.3 Å². The van der Waals surface area contributed by atoms with Gasteiger partial charge in [-0.1, -0.05) is 41.9 Å². The SMILES string of the molecule is O=C(NCCc1ccccc1)C1(C(=O)Nc2ccc(F)c(Cl)c2)CC1. The van der Waals surface area contributed by atoms with Gasteiger partial charge in [-0.3, -0.25) is 9.59 Å². The second-order valence-corrected chi connectivity index (χ2v) is 6.56. The van der Waals surface area contributed by atoms with Crippen LogP contribution in [-0.4, -0.2) is 18.4 Å². The summed E-state index contributed by atoms with van der Waals surface area (Å²) in [6.07, 6.45) is 1.72. The van der Waals surface area contributed by atoms with Gasteiger partial charge < -0.3 is 10.6 Å². The molecule has 0 heterocycles. The van der Waals surface area contributed by atoms with Crippen LogP contribution in [-0.2, 0) is 16.0 Å². The molecule has 1 saturated carbocycles. The molecule has 2 aromatic rings. The van der Waals surface area contributed by atoms with Gasteiger partial charge >= 0.3 is 0 Å². The number of amides is 2. The minimum atomic E-state index is -1.03. The smallest absolute Gasteiger partial charge is 0.240 e. The Balaban J connectivity index is 1.56. The summed E-state index contributed by atoms with van der Waals surface area (Å²) < 4.78 is 13.2. The molecule has 0 aliphatic heterocycles. The molecule has 0 unspecified atom stereocenters. The van der Waals surface area contributed by atoms with Crippen LogP contribution >= 0.6 is 11.6 Å². The van der Waals surface area contributed by atoms with Gasteiger partial charge in [0.05, 0.1) is 5.02 Å². The summed E-state index contributed by atoms with van der Waals surface area (Å²) in [5.74, 6) is -1.21. The minimum Gasteiger partial charge on any atom is -0.355 e. The van der Waals surface area contributed by atoms with E-state index in [2.05, 4.69) is 10.6 Å². The normalized spacial score (nSPS) is 14.6. The fourth-order valence-corrected chi connectivity index (χ4v) is 2.82. The highest BCUT2D eigenvalue weighted by atomic mass is 35.5. The van der Waals surface area contributed by atoms with Crippen LogP contribution in [0.1, 0.15) is 18.4 Å². The van der Waals surface area contributed by atoms with Crippen molar-refractivity contribution in [3.8, 4) is 0 Å². The first kappa shape index (κ1) is 17.4. The van der Waals surface area contributed by atoms with E-state index in [1.165, 1.54) is 18.2 Å². The van der Waals surface area contributed by atoms with E-state index in [9.17, 15) is 14.0 Å². The van der Waals surface area contributed by atoms with Gasteiger partial charge in [0.1, 0.15) is 11.2 Å². The number of hydrogen-bond donors (Lipinski definition) is 2. The maximum atomic E-state index is 13.2. The molecule has 2 amide bonds. The van der Waals surface area contributed by atoms with E-state index in [1.54, 1.807) is 0 Å². The summed E-state index contributed by atoms with van der Waals surface area (Å²) in [6.45, 7) is 0.472. The average Bonchev–Trinajstić information content (AvgIpc) is 3.41. The molecule has 0 saturated heterocycles. The van der Waals surface area contributed by atoms with Crippen molar-refractivity contribution < 1.29 is 14.0 Å². The number of carbonyl (C=O) groups is 2. The van der Waals surface area contributed by atoms with Gasteiger partial charge in [-0.2, -0.15) is 0 Å². The van der Waals surface area contributed by atoms with Crippen LogP contribution in [0.25, 0.3) is 0 Å². The first-order chi connectivity index (χ1) is 12.0. The number of halogens is 2. The van der Waals surface area contributed by atoms with Crippen LogP contribution in [0, 0.1) is 11.2 Å². The second kappa shape index (κ2) is 7.23. The number of hydrogen-bond acceptors (Lipinski definition) is 2. The van der Waals surface area contributed by atoms with E-state index in [0.29, 0.717) is 31.5 Å². The number of anilines is 1. The van der Waals surface area contributed by atoms with Crippen molar-refractivity contribution in [1.82, 2.24) is 5.32 Å². The van der Waals surface area contributed by atoms with Crippen LogP contribution < -0.4 is 10.6 Å². The Kier molecular flexibility index (Phi) is 5.04. The van der Waals surface area contributed by atoms with E-state index in [0.717, 1.165) is 5.56 Å². The molecule has 2 aromatic carbocycles. The molecular weight excluding hydrogens is 343 g/mol. The standard InChI is InChI=1S/C19H18ClFN2O2/c20-15-12-14(6-7-16(15)21)23-18(25)19(9-10-19)17(24)22-11-8-13-4-2-1-3-5-13/h1-7,12H,8-11H2,(H,22,24)(H,23,25). The van der Waals surface area contributed by atoms with Crippen LogP contribution in [0.5, 0.6) is 0 Å². The molecule has 2 N–H and O–H groups in total. The van der Waals surface area contributed by atoms with Crippen molar-refractivity contribution >= 4 is 29.1 Å². The molecule has 3 rings (SSSR count). The number of rotatable bonds is 6. The largest absolute Gasteiger partial charge is 0.355 e. The van der Waals surface area contributed by atoms with E-state index < -0.39 is 11.2 Å². The van der Waals surface area contributed by atoms with Gasteiger partial charge in [0.15, 0.2) is 0 Å². The van der Waals surface area contributed by atoms with Crippen LogP contribution in [0.3, 0.4) is 0 Å². The Morgan fingerprint density at radius 2 is 1.80 bits per heavy atom. The highest BCUT2D eigenvalue weighted by molar-refractivity contribution is 6.31. The van der Waals surface area contributed by atoms with Crippen LogP contribution in [0.15, 0.2) is 48.5 Å². The van der Waals surface area contributed by atoms with Crippen molar-refractivity contribution in [2.75, 3.05) is 11.9 Å². The molecule has 0 bridgehead atoms. The fourth-order valence-electron chi connectivity index (χ4n) is 2.64. The molecule has 1 fully saturated rings. The first-order valence-electron chi connectivity index (χ1n) is 8.10. The van der Waals surface area contributed by atoms with E-state index in [4.69, 9.17) is 11.6 Å². The number of benzene rings is 2. The van der Waals surface area contributed by atoms with Crippen LogP contribution in [0.4, 0.5) is 10.1 Å². The van der Waals surface area contributed by atoms with Gasteiger partial charge in [0.25, 0.3) is 0 Å². The third kappa shape index (κ3) is 3.99. The van der Waals surface area contributed by atoms with Crippen LogP contribution in [0.2, 0.25) is 5.02 Å². The lowest BCUT2D eigenvalue weighted by atomic mass is 10.0. The molecular formula is C19H18ClFN2O2. The monoisotopic (exact) mass is 360 g/mol. The van der Waals surface area contributed by atoms with E-state index in [1.807, 2.05) is 30.3 Å². The van der Waals surface area contributed by atoms with Gasteiger partial charge in [0.2, 0.25) is 11.8 Å². The third-order valence-corrected chi connectivity index (χ3v) is 4.63. The zero-order valence-corrected chi connectivity index (χ0v) is 14.3. The van der Waals surface area contributed by atoms with Gasteiger partial charge in [-0.15, -0.1) is 0 Å². The molecule has 0 atom stereocenters. The van der Waals surface area contributed by atoms with Crippen molar-refractivity contribution in [3.63, 3.8) is 0 Å². The maximum absolute atomic E-state index is 13.2. The van der Waals surface area contributed by atoms with E-state index >= 15 is 0 Å². The molecule has 0 radical (unpaired) electrons. The van der Waals surface area contributed by atoms with Gasteiger partial charge in [-0.25, -0.2) is 4.39 Å². The zero-order valence-electron chi connectivity index (χ0n) is 13.5. The second-order valence-electron chi connectivity index (χ2n) is 6.16. The fraction of sp³-hybridized carbons (Fsp3) is 0.263. The van der Waals surface area contributed by atoms with Crippen molar-refractivity contribution in [2.24, 2.45) is 5.41 Å². The summed E-state index contributed by atoms with van der Waals surface area (Å²) >= 11 is 5.71. The third-order valence-electron chi connectivity index (χ3n) is 4.34. The summed E-state index contributed by atoms with van der Waals surface area (Å²) in [6, 6.07) is 13.7. The number of nitrogens with one attached hydrogen (secondary N) is 2. The average molecular weight is 361 g/mol. The molecule has 130 valence electrons. The Morgan fingerprint density at radius 1 is 1.08 bits per heavy atom. The zero-order chi connectivity index (χ0) is 17.9. The molecule has 4 nitrogen and oxygen atoms in total. The Hall–Kier alpha value is -2.40. The molecule has 6 heteroatoms. The quantitative estimate of drug-likeness (QED) is 0.774. The van der Waals surface area contributed by atoms with Gasteiger partial charge in [0, 0.05) is 12.2 Å². The van der Waals surface area contributed by atoms with Crippen molar-refractivity contribution in [3.05, 3.63) is 64.9 Å². The summed E-state index contributed by atoms with van der Waals surface area (Å²) in [7, 11) is 0. The Bertz CT molecular complexity index is 791. The molecule has 1 aliphatic carbocycles. The minimum absolute atomic E-state index is 0.0741. The summed E-state index contributed by atoms with van der Waals surface area (Å²) in [5, 5.41) is 5.41. The first-order valence-corrected chi connectivity index (χ1v) is 8.48. The summed E-state index contributed by atoms with van der Waals surface area (Å²) in [5.41, 5.74) is 0.468. The maximum Gasteiger partial charge on any atom is 0.240 e. The Morgan fingerprint density at radius 3 is 2.44 bits per heavy atom. The molecule has 0 spiro atoms. The Labute approximate surface area is 150 Å². The lowest BCUT2D eigenvalue weighted by Gasteiger charge is -2.15. The van der Waals surface area contributed by atoms with Crippen molar-refractivity contribution in [1.29, 1.82) is 0 Å². The predicted molar refractivity (Wildman–Crippen MR) is 94.9 cm³/mol.